The van der Waals surface area contributed by atoms with E-state index in [0.717, 1.165) is 77.6 Å². The molecule has 0 atom stereocenters. The van der Waals surface area contributed by atoms with Crippen LogP contribution in [0.1, 0.15) is 13.7 Å². The summed E-state index contributed by atoms with van der Waals surface area (Å²) in [6.07, 6.45) is 0. The Balaban J connectivity index is 0.988. The number of para-hydroxylation sites is 2. The summed E-state index contributed by atoms with van der Waals surface area (Å²) < 4.78 is 83.2. The van der Waals surface area contributed by atoms with Gasteiger partial charge < -0.3 is 9.80 Å². The molecular weight excluding hydrogens is 725 g/mol. The van der Waals surface area contributed by atoms with Gasteiger partial charge in [-0.1, -0.05) is 176 Å². The molecule has 11 aromatic rings. The zero-order chi connectivity index (χ0) is 48.5. The van der Waals surface area contributed by atoms with Crippen LogP contribution in [-0.2, 0) is 0 Å². The van der Waals surface area contributed by atoms with E-state index in [2.05, 4.69) is 94.7 Å². The molecule has 0 heterocycles. The lowest BCUT2D eigenvalue weighted by atomic mass is 9.89. The van der Waals surface area contributed by atoms with Crippen LogP contribution in [0.25, 0.3) is 65.7 Å². The Labute approximate surface area is 364 Å². The van der Waals surface area contributed by atoms with Gasteiger partial charge in [-0.25, -0.2) is 0 Å². The zero-order valence-electron chi connectivity index (χ0n) is 42.2. The lowest BCUT2D eigenvalue weighted by molar-refractivity contribution is 1.28. The van der Waals surface area contributed by atoms with Gasteiger partial charge in [0.05, 0.1) is 19.4 Å². The van der Waals surface area contributed by atoms with E-state index in [1.807, 2.05) is 84.9 Å². The standard InChI is InChI=1S/C58H40N2/c1-5-13-41(14-6-1)43-21-31-50(32-22-43)59(48-17-9-3-10-18-48)51-35-25-45(26-36-51)53-37-27-46-29-39-55-56(40-30-47-28-38-54(53)57(46)58(47)55)60(49-19-11-4-12-20-49)52-33-23-44(24-34-52)42-15-7-2-8-16-42/h1-40H/i1D,2D,5D,6D,7D,8D,13D,14D,15D,16D. The molecule has 2 heteroatoms. The van der Waals surface area contributed by atoms with Crippen molar-refractivity contribution >= 4 is 66.4 Å². The van der Waals surface area contributed by atoms with Crippen molar-refractivity contribution in [2.24, 2.45) is 0 Å². The zero-order valence-corrected chi connectivity index (χ0v) is 32.2. The molecule has 0 fully saturated rings. The van der Waals surface area contributed by atoms with E-state index in [1.165, 1.54) is 0 Å². The number of hydrogen-bond acceptors (Lipinski definition) is 2. The van der Waals surface area contributed by atoms with Crippen LogP contribution in [0, 0.1) is 0 Å². The molecule has 11 rings (SSSR count). The Bertz CT molecular complexity index is 3750. The van der Waals surface area contributed by atoms with Crippen LogP contribution >= 0.6 is 0 Å². The lowest BCUT2D eigenvalue weighted by Crippen LogP contribution is -2.10. The van der Waals surface area contributed by atoms with Crippen molar-refractivity contribution in [2.45, 2.75) is 0 Å². The molecule has 0 aliphatic rings. The van der Waals surface area contributed by atoms with Gasteiger partial charge in [0.25, 0.3) is 0 Å². The molecule has 2 nitrogen and oxygen atoms in total. The number of benzene rings is 11. The summed E-state index contributed by atoms with van der Waals surface area (Å²) in [5, 5.41) is 6.65. The maximum Gasteiger partial charge on any atom is 0.0629 e. The van der Waals surface area contributed by atoms with Gasteiger partial charge >= 0.3 is 0 Å². The first kappa shape index (κ1) is 26.1. The molecule has 0 unspecified atom stereocenters. The van der Waals surface area contributed by atoms with Gasteiger partial charge in [0.1, 0.15) is 0 Å². The predicted octanol–water partition coefficient (Wildman–Crippen LogP) is 16.5. The normalized spacial score (nSPS) is 13.7. The van der Waals surface area contributed by atoms with Crippen molar-refractivity contribution in [1.82, 2.24) is 0 Å². The summed E-state index contributed by atoms with van der Waals surface area (Å²) in [7, 11) is 0. The Morgan fingerprint density at radius 3 is 1.22 bits per heavy atom. The topological polar surface area (TPSA) is 6.48 Å². The van der Waals surface area contributed by atoms with Crippen molar-refractivity contribution in [1.29, 1.82) is 0 Å². The minimum absolute atomic E-state index is 0.160. The second-order valence-electron chi connectivity index (χ2n) is 14.6. The van der Waals surface area contributed by atoms with Gasteiger partial charge in [0.2, 0.25) is 0 Å². The van der Waals surface area contributed by atoms with Gasteiger partial charge in [-0.05, 0) is 127 Å². The fourth-order valence-electron chi connectivity index (χ4n) is 8.39. The van der Waals surface area contributed by atoms with Crippen LogP contribution in [0.5, 0.6) is 0 Å². The molecular formula is C58H40N2. The van der Waals surface area contributed by atoms with E-state index < -0.39 is 12.1 Å². The fraction of sp³-hybridized carbons (Fsp3) is 0. The minimum Gasteiger partial charge on any atom is -0.311 e. The number of rotatable bonds is 9. The molecule has 0 saturated heterocycles. The molecule has 11 aromatic carbocycles. The highest BCUT2D eigenvalue weighted by molar-refractivity contribution is 6.27. The second-order valence-corrected chi connectivity index (χ2v) is 14.6. The summed E-state index contributed by atoms with van der Waals surface area (Å²) in [5.74, 6) is 0. The van der Waals surface area contributed by atoms with Crippen LogP contribution in [0.2, 0.25) is 0 Å². The molecule has 0 aliphatic heterocycles. The second kappa shape index (κ2) is 15.1. The predicted molar refractivity (Wildman–Crippen MR) is 256 cm³/mol. The Kier molecular flexibility index (Phi) is 6.58. The third kappa shape index (κ3) is 6.32. The van der Waals surface area contributed by atoms with Crippen molar-refractivity contribution < 1.29 is 13.7 Å². The van der Waals surface area contributed by atoms with Crippen molar-refractivity contribution in [3.8, 4) is 33.4 Å². The summed E-state index contributed by atoms with van der Waals surface area (Å²) in [4.78, 5) is 4.32. The first-order valence-corrected chi connectivity index (χ1v) is 19.8. The van der Waals surface area contributed by atoms with Crippen LogP contribution in [0.3, 0.4) is 0 Å². The molecule has 60 heavy (non-hydrogen) atoms. The van der Waals surface area contributed by atoms with E-state index in [0.29, 0.717) is 11.1 Å². The molecule has 0 radical (unpaired) electrons. The Hall–Kier alpha value is -7.94. The Morgan fingerprint density at radius 2 is 0.683 bits per heavy atom. The number of hydrogen-bond donors (Lipinski definition) is 0. The molecule has 0 aliphatic carbocycles. The van der Waals surface area contributed by atoms with Gasteiger partial charge in [-0.2, -0.15) is 0 Å². The summed E-state index contributed by atoms with van der Waals surface area (Å²) in [6.45, 7) is 0. The average molecular weight is 775 g/mol. The van der Waals surface area contributed by atoms with Gasteiger partial charge in [-0.3, -0.25) is 0 Å². The summed E-state index contributed by atoms with van der Waals surface area (Å²) >= 11 is 0. The van der Waals surface area contributed by atoms with E-state index in [-0.39, 0.29) is 59.5 Å². The van der Waals surface area contributed by atoms with E-state index in [1.54, 1.807) is 12.1 Å². The van der Waals surface area contributed by atoms with Crippen molar-refractivity contribution in [3.05, 3.63) is 242 Å². The first-order chi connectivity index (χ1) is 33.9. The molecule has 282 valence electrons. The van der Waals surface area contributed by atoms with Gasteiger partial charge in [0, 0.05) is 33.8 Å². The highest BCUT2D eigenvalue weighted by Crippen LogP contribution is 2.46. The Morgan fingerprint density at radius 1 is 0.283 bits per heavy atom. The molecule has 0 bridgehead atoms. The highest BCUT2D eigenvalue weighted by Gasteiger charge is 2.20. The van der Waals surface area contributed by atoms with Gasteiger partial charge in [-0.15, -0.1) is 0 Å². The quantitative estimate of drug-likeness (QED) is 0.135. The maximum absolute atomic E-state index is 8.58. The smallest absolute Gasteiger partial charge is 0.0629 e. The van der Waals surface area contributed by atoms with Crippen LogP contribution in [0.4, 0.5) is 34.1 Å². The molecule has 0 N–H and O–H groups in total. The van der Waals surface area contributed by atoms with E-state index in [9.17, 15) is 0 Å². The largest absolute Gasteiger partial charge is 0.311 e. The molecule has 0 saturated carbocycles. The monoisotopic (exact) mass is 774 g/mol. The average Bonchev–Trinajstić information content (AvgIpc) is 3.40. The first-order valence-electron chi connectivity index (χ1n) is 24.8. The van der Waals surface area contributed by atoms with Crippen LogP contribution in [-0.4, -0.2) is 0 Å². The molecule has 0 aromatic heterocycles. The summed E-state index contributed by atoms with van der Waals surface area (Å²) in [5.41, 5.74) is 8.91. The van der Waals surface area contributed by atoms with E-state index >= 15 is 0 Å². The summed E-state index contributed by atoms with van der Waals surface area (Å²) in [6, 6.07) is 57.6. The minimum atomic E-state index is -0.420. The SMILES string of the molecule is [2H]c1c([2H])c([2H])c(-c2ccc(N(c3ccccc3)c3ccc(-c4ccc5ccc6c(N(c7ccccc7)c7ccc(-c8c([2H])c([2H])c([2H])c([2H])c8[2H])cc7)ccc7ccc4c5c76)cc3)cc2)c([2H])c1[2H]. The lowest BCUT2D eigenvalue weighted by Gasteiger charge is -2.28. The van der Waals surface area contributed by atoms with Gasteiger partial charge in [0.15, 0.2) is 0 Å². The molecule has 0 spiro atoms. The fourth-order valence-corrected chi connectivity index (χ4v) is 8.39. The van der Waals surface area contributed by atoms with Crippen LogP contribution < -0.4 is 9.80 Å². The number of nitrogens with zero attached hydrogens (tertiary/aromatic N) is 2. The third-order valence-corrected chi connectivity index (χ3v) is 11.2. The van der Waals surface area contributed by atoms with Crippen LogP contribution in [0.15, 0.2) is 242 Å². The van der Waals surface area contributed by atoms with E-state index in [4.69, 9.17) is 13.7 Å². The number of anilines is 6. The highest BCUT2D eigenvalue weighted by atomic mass is 15.1. The molecule has 0 amide bonds. The van der Waals surface area contributed by atoms with Crippen molar-refractivity contribution in [3.63, 3.8) is 0 Å². The third-order valence-electron chi connectivity index (χ3n) is 11.2. The maximum atomic E-state index is 8.58. The van der Waals surface area contributed by atoms with Crippen molar-refractivity contribution in [2.75, 3.05) is 9.80 Å².